The Morgan fingerprint density at radius 2 is 1.55 bits per heavy atom. The number of aliphatic hydroxyl groups is 1. The molecule has 6 heteroatoms. The highest BCUT2D eigenvalue weighted by atomic mass is 16.5. The van der Waals surface area contributed by atoms with Crippen molar-refractivity contribution in [1.82, 2.24) is 4.90 Å². The predicted octanol–water partition coefficient (Wildman–Crippen LogP) is 3.60. The van der Waals surface area contributed by atoms with Crippen molar-refractivity contribution >= 4 is 5.69 Å². The number of nitrogens with zero attached hydrogens (tertiary/aromatic N) is 1. The largest absolute Gasteiger partial charge is 0.493 e. The van der Waals surface area contributed by atoms with Crippen LogP contribution in [0.2, 0.25) is 0 Å². The number of nitrogen functional groups attached to an aromatic ring is 1. The van der Waals surface area contributed by atoms with E-state index in [0.717, 1.165) is 0 Å². The first-order valence-corrected chi connectivity index (χ1v) is 10.3. The van der Waals surface area contributed by atoms with Crippen molar-refractivity contribution in [2.75, 3.05) is 39.1 Å². The van der Waals surface area contributed by atoms with Crippen LogP contribution in [0.1, 0.15) is 5.56 Å². The second-order valence-corrected chi connectivity index (χ2v) is 7.25. The van der Waals surface area contributed by atoms with E-state index < -0.39 is 6.10 Å². The van der Waals surface area contributed by atoms with Gasteiger partial charge in [0.25, 0.3) is 0 Å². The number of hydrogen-bond donors (Lipinski definition) is 2. The lowest BCUT2D eigenvalue weighted by molar-refractivity contribution is 0.0603. The lowest BCUT2D eigenvalue weighted by Crippen LogP contribution is -2.37. The average molecular weight is 423 g/mol. The maximum absolute atomic E-state index is 10.6. The van der Waals surface area contributed by atoms with Gasteiger partial charge in [0.1, 0.15) is 25.1 Å². The lowest BCUT2D eigenvalue weighted by atomic mass is 10.2. The third-order valence-corrected chi connectivity index (χ3v) is 4.77. The molecule has 3 aromatic rings. The maximum Gasteiger partial charge on any atom is 0.161 e. The SMILES string of the molecule is COc1ccccc1OCCN(Cc1ccccc1)CC(O)COc1ccc(N)cc1. The summed E-state index contributed by atoms with van der Waals surface area (Å²) in [7, 11) is 1.63. The molecule has 0 aromatic heterocycles. The standard InChI is InChI=1S/C25H30N2O4/c1-29-24-9-5-6-10-25(24)30-16-15-27(17-20-7-3-2-4-8-20)18-22(28)19-31-23-13-11-21(26)12-14-23/h2-14,22,28H,15-19,26H2,1H3. The molecule has 0 saturated carbocycles. The van der Waals surface area contributed by atoms with E-state index in [1.807, 2.05) is 42.5 Å². The quantitative estimate of drug-likeness (QED) is 0.434. The smallest absolute Gasteiger partial charge is 0.161 e. The summed E-state index contributed by atoms with van der Waals surface area (Å²) >= 11 is 0. The summed E-state index contributed by atoms with van der Waals surface area (Å²) in [5, 5.41) is 10.6. The molecule has 3 N–H and O–H groups in total. The highest BCUT2D eigenvalue weighted by Crippen LogP contribution is 2.25. The minimum absolute atomic E-state index is 0.197. The summed E-state index contributed by atoms with van der Waals surface area (Å²) in [6, 6.07) is 24.9. The Morgan fingerprint density at radius 1 is 0.871 bits per heavy atom. The van der Waals surface area contributed by atoms with Gasteiger partial charge in [0.2, 0.25) is 0 Å². The van der Waals surface area contributed by atoms with Gasteiger partial charge in [-0.1, -0.05) is 42.5 Å². The second kappa shape index (κ2) is 11.8. The van der Waals surface area contributed by atoms with Gasteiger partial charge in [-0.2, -0.15) is 0 Å². The van der Waals surface area contributed by atoms with Crippen LogP contribution >= 0.6 is 0 Å². The van der Waals surface area contributed by atoms with Crippen molar-refractivity contribution in [2.24, 2.45) is 0 Å². The predicted molar refractivity (Wildman–Crippen MR) is 123 cm³/mol. The molecular weight excluding hydrogens is 392 g/mol. The molecule has 1 atom stereocenters. The summed E-state index contributed by atoms with van der Waals surface area (Å²) in [5.41, 5.74) is 7.55. The molecule has 0 aliphatic heterocycles. The summed E-state index contributed by atoms with van der Waals surface area (Å²) in [5.74, 6) is 2.09. The third kappa shape index (κ3) is 7.51. The highest BCUT2D eigenvalue weighted by Gasteiger charge is 2.14. The molecule has 31 heavy (non-hydrogen) atoms. The van der Waals surface area contributed by atoms with Gasteiger partial charge >= 0.3 is 0 Å². The molecule has 0 heterocycles. The number of para-hydroxylation sites is 2. The van der Waals surface area contributed by atoms with Crippen molar-refractivity contribution in [3.05, 3.63) is 84.4 Å². The Labute approximate surface area is 183 Å². The van der Waals surface area contributed by atoms with Crippen molar-refractivity contribution < 1.29 is 19.3 Å². The van der Waals surface area contributed by atoms with Gasteiger partial charge < -0.3 is 25.1 Å². The number of benzene rings is 3. The topological polar surface area (TPSA) is 77.2 Å². The van der Waals surface area contributed by atoms with E-state index in [9.17, 15) is 5.11 Å². The van der Waals surface area contributed by atoms with E-state index in [-0.39, 0.29) is 6.61 Å². The number of anilines is 1. The number of aliphatic hydroxyl groups excluding tert-OH is 1. The van der Waals surface area contributed by atoms with Crippen LogP contribution in [0.15, 0.2) is 78.9 Å². The van der Waals surface area contributed by atoms with Crippen molar-refractivity contribution in [3.63, 3.8) is 0 Å². The van der Waals surface area contributed by atoms with Crippen molar-refractivity contribution in [2.45, 2.75) is 12.6 Å². The van der Waals surface area contributed by atoms with E-state index in [1.165, 1.54) is 5.56 Å². The van der Waals surface area contributed by atoms with Crippen LogP contribution in [0.5, 0.6) is 17.2 Å². The fourth-order valence-corrected chi connectivity index (χ4v) is 3.21. The molecule has 0 spiro atoms. The maximum atomic E-state index is 10.6. The Hall–Kier alpha value is -3.22. The molecule has 6 nitrogen and oxygen atoms in total. The zero-order valence-corrected chi connectivity index (χ0v) is 17.8. The van der Waals surface area contributed by atoms with Crippen LogP contribution in [0.3, 0.4) is 0 Å². The molecular formula is C25H30N2O4. The Balaban J connectivity index is 1.55. The van der Waals surface area contributed by atoms with E-state index in [2.05, 4.69) is 17.0 Å². The van der Waals surface area contributed by atoms with Crippen LogP contribution in [0.4, 0.5) is 5.69 Å². The van der Waals surface area contributed by atoms with Crippen LogP contribution in [0.25, 0.3) is 0 Å². The highest BCUT2D eigenvalue weighted by molar-refractivity contribution is 5.41. The van der Waals surface area contributed by atoms with Gasteiger partial charge in [0.15, 0.2) is 11.5 Å². The molecule has 0 bridgehead atoms. The van der Waals surface area contributed by atoms with E-state index >= 15 is 0 Å². The monoisotopic (exact) mass is 422 g/mol. The minimum atomic E-state index is -0.646. The molecule has 0 radical (unpaired) electrons. The molecule has 1 unspecified atom stereocenters. The lowest BCUT2D eigenvalue weighted by Gasteiger charge is -2.25. The molecule has 3 rings (SSSR count). The minimum Gasteiger partial charge on any atom is -0.493 e. The van der Waals surface area contributed by atoms with Gasteiger partial charge in [-0.05, 0) is 42.0 Å². The number of rotatable bonds is 12. The zero-order chi connectivity index (χ0) is 21.9. The Kier molecular flexibility index (Phi) is 8.58. The van der Waals surface area contributed by atoms with Gasteiger partial charge in [-0.15, -0.1) is 0 Å². The van der Waals surface area contributed by atoms with Gasteiger partial charge in [0.05, 0.1) is 7.11 Å². The van der Waals surface area contributed by atoms with E-state index in [0.29, 0.717) is 49.2 Å². The molecule has 0 amide bonds. The van der Waals surface area contributed by atoms with Gasteiger partial charge in [-0.25, -0.2) is 0 Å². The first-order valence-electron chi connectivity index (χ1n) is 10.3. The van der Waals surface area contributed by atoms with Crippen molar-refractivity contribution in [1.29, 1.82) is 0 Å². The van der Waals surface area contributed by atoms with E-state index in [4.69, 9.17) is 19.9 Å². The van der Waals surface area contributed by atoms with Crippen LogP contribution in [-0.4, -0.2) is 49.5 Å². The molecule has 0 saturated heterocycles. The van der Waals surface area contributed by atoms with E-state index in [1.54, 1.807) is 31.4 Å². The zero-order valence-electron chi connectivity index (χ0n) is 17.8. The average Bonchev–Trinajstić information content (AvgIpc) is 2.79. The molecule has 0 fully saturated rings. The summed E-state index contributed by atoms with van der Waals surface area (Å²) in [6.45, 7) is 2.47. The van der Waals surface area contributed by atoms with Crippen molar-refractivity contribution in [3.8, 4) is 17.2 Å². The summed E-state index contributed by atoms with van der Waals surface area (Å²) < 4.78 is 17.0. The van der Waals surface area contributed by atoms with Gasteiger partial charge in [0, 0.05) is 25.3 Å². The normalized spacial score (nSPS) is 11.8. The number of methoxy groups -OCH3 is 1. The van der Waals surface area contributed by atoms with Crippen LogP contribution in [0, 0.1) is 0 Å². The number of hydrogen-bond acceptors (Lipinski definition) is 6. The van der Waals surface area contributed by atoms with Gasteiger partial charge in [-0.3, -0.25) is 4.90 Å². The third-order valence-electron chi connectivity index (χ3n) is 4.77. The Morgan fingerprint density at radius 3 is 2.26 bits per heavy atom. The molecule has 0 aliphatic carbocycles. The summed E-state index contributed by atoms with van der Waals surface area (Å²) in [4.78, 5) is 2.15. The first-order chi connectivity index (χ1) is 15.1. The second-order valence-electron chi connectivity index (χ2n) is 7.25. The molecule has 3 aromatic carbocycles. The van der Waals surface area contributed by atoms with Crippen LogP contribution in [-0.2, 0) is 6.54 Å². The van der Waals surface area contributed by atoms with Crippen LogP contribution < -0.4 is 19.9 Å². The Bertz CT molecular complexity index is 903. The number of nitrogens with two attached hydrogens (primary N) is 1. The number of ether oxygens (including phenoxy) is 3. The first kappa shape index (κ1) is 22.5. The molecule has 164 valence electrons. The molecule has 0 aliphatic rings. The summed E-state index contributed by atoms with van der Waals surface area (Å²) in [6.07, 6.45) is -0.646. The fraction of sp³-hybridized carbons (Fsp3) is 0.280. The fourth-order valence-electron chi connectivity index (χ4n) is 3.21.